The Balaban J connectivity index is 1.63. The van der Waals surface area contributed by atoms with Crippen molar-refractivity contribution >= 4 is 5.91 Å². The van der Waals surface area contributed by atoms with Crippen LogP contribution in [0.5, 0.6) is 0 Å². The fourth-order valence-corrected chi connectivity index (χ4v) is 4.93. The molecule has 1 amide bonds. The fourth-order valence-electron chi connectivity index (χ4n) is 4.93. The van der Waals surface area contributed by atoms with Crippen LogP contribution in [0.2, 0.25) is 0 Å². The van der Waals surface area contributed by atoms with Crippen molar-refractivity contribution < 1.29 is 13.9 Å². The third-order valence-electron chi connectivity index (χ3n) is 6.65. The molecular formula is C23H31FN4O2. The number of benzene rings is 1. The molecule has 1 aromatic carbocycles. The van der Waals surface area contributed by atoms with E-state index < -0.39 is 5.41 Å². The van der Waals surface area contributed by atoms with Gasteiger partial charge in [-0.25, -0.2) is 9.37 Å². The molecule has 2 aliphatic heterocycles. The van der Waals surface area contributed by atoms with Crippen LogP contribution in [0.25, 0.3) is 0 Å². The van der Waals surface area contributed by atoms with Crippen LogP contribution >= 0.6 is 0 Å². The fraction of sp³-hybridized carbons (Fsp3) is 0.565. The lowest BCUT2D eigenvalue weighted by Crippen LogP contribution is -2.40. The van der Waals surface area contributed by atoms with Crippen molar-refractivity contribution in [1.82, 2.24) is 19.4 Å². The zero-order chi connectivity index (χ0) is 21.3. The Hall–Kier alpha value is -2.25. The second-order valence-electron chi connectivity index (χ2n) is 8.84. The molecule has 30 heavy (non-hydrogen) atoms. The quantitative estimate of drug-likeness (QED) is 0.699. The first-order valence-electron chi connectivity index (χ1n) is 10.7. The number of carbonyl (C=O) groups is 1. The summed E-state index contributed by atoms with van der Waals surface area (Å²) in [6.45, 7) is 7.94. The monoisotopic (exact) mass is 414 g/mol. The summed E-state index contributed by atoms with van der Waals surface area (Å²) in [5, 5.41) is 0. The van der Waals surface area contributed by atoms with Crippen molar-refractivity contribution in [3.8, 4) is 0 Å². The zero-order valence-corrected chi connectivity index (χ0v) is 18.1. The van der Waals surface area contributed by atoms with Gasteiger partial charge >= 0.3 is 0 Å². The van der Waals surface area contributed by atoms with Crippen molar-refractivity contribution in [2.24, 2.45) is 5.41 Å². The van der Waals surface area contributed by atoms with Gasteiger partial charge in [0.05, 0.1) is 24.0 Å². The standard InChI is InChI=1S/C23H31FN4O2/c1-17(2)28-14-21(25-16-28)19-13-26(12-18-6-4-5-7-20(18)24)15-23(19)8-9-27(22(23)29)10-11-30-3/h4-7,14,16-17,19H,8-13,15H2,1-3H3/t19-,23-/m0/s1. The van der Waals surface area contributed by atoms with Crippen LogP contribution in [0.3, 0.4) is 0 Å². The number of imidazole rings is 1. The molecule has 2 aromatic rings. The molecule has 2 atom stereocenters. The topological polar surface area (TPSA) is 50.6 Å². The Morgan fingerprint density at radius 2 is 2.13 bits per heavy atom. The molecule has 2 saturated heterocycles. The summed E-state index contributed by atoms with van der Waals surface area (Å²) in [5.74, 6) is -0.0115. The van der Waals surface area contributed by atoms with Crippen molar-refractivity contribution in [1.29, 1.82) is 0 Å². The van der Waals surface area contributed by atoms with E-state index in [-0.39, 0.29) is 17.6 Å². The number of carbonyl (C=O) groups excluding carboxylic acids is 1. The van der Waals surface area contributed by atoms with Gasteiger partial charge in [-0.15, -0.1) is 0 Å². The third kappa shape index (κ3) is 3.76. The molecule has 0 bridgehead atoms. The van der Waals surface area contributed by atoms with Crippen LogP contribution in [0, 0.1) is 11.2 Å². The number of rotatable bonds is 7. The van der Waals surface area contributed by atoms with Crippen LogP contribution in [0.4, 0.5) is 4.39 Å². The van der Waals surface area contributed by atoms with Crippen LogP contribution in [0.15, 0.2) is 36.8 Å². The summed E-state index contributed by atoms with van der Waals surface area (Å²) in [4.78, 5) is 22.4. The molecule has 3 heterocycles. The van der Waals surface area contributed by atoms with Gasteiger partial charge in [-0.2, -0.15) is 0 Å². The highest BCUT2D eigenvalue weighted by molar-refractivity contribution is 5.86. The van der Waals surface area contributed by atoms with Gasteiger partial charge in [-0.1, -0.05) is 18.2 Å². The Kier molecular flexibility index (Phi) is 5.93. The van der Waals surface area contributed by atoms with Gasteiger partial charge in [0.2, 0.25) is 5.91 Å². The molecule has 0 saturated carbocycles. The predicted molar refractivity (Wildman–Crippen MR) is 113 cm³/mol. The molecule has 0 aliphatic carbocycles. The number of nitrogens with zero attached hydrogens (tertiary/aromatic N) is 4. The van der Waals surface area contributed by atoms with E-state index in [2.05, 4.69) is 34.5 Å². The first-order valence-corrected chi connectivity index (χ1v) is 10.7. The molecule has 2 fully saturated rings. The Labute approximate surface area is 177 Å². The van der Waals surface area contributed by atoms with Gasteiger partial charge < -0.3 is 14.2 Å². The summed E-state index contributed by atoms with van der Waals surface area (Å²) in [6, 6.07) is 7.20. The molecule has 0 N–H and O–H groups in total. The predicted octanol–water partition coefficient (Wildman–Crippen LogP) is 3.07. The Bertz CT molecular complexity index is 899. The average Bonchev–Trinajstić information content (AvgIpc) is 3.42. The van der Waals surface area contributed by atoms with Crippen molar-refractivity contribution in [3.63, 3.8) is 0 Å². The summed E-state index contributed by atoms with van der Waals surface area (Å²) >= 11 is 0. The lowest BCUT2D eigenvalue weighted by atomic mass is 9.75. The van der Waals surface area contributed by atoms with E-state index in [1.807, 2.05) is 23.4 Å². The maximum absolute atomic E-state index is 14.3. The molecule has 6 nitrogen and oxygen atoms in total. The molecule has 2 aliphatic rings. The number of hydrogen-bond donors (Lipinski definition) is 0. The summed E-state index contributed by atoms with van der Waals surface area (Å²) in [7, 11) is 1.66. The van der Waals surface area contributed by atoms with Gasteiger partial charge in [0.15, 0.2) is 0 Å². The normalized spacial score (nSPS) is 24.6. The molecule has 4 rings (SSSR count). The minimum Gasteiger partial charge on any atom is -0.383 e. The SMILES string of the molecule is COCCN1CC[C@@]2(CN(Cc3ccccc3F)C[C@H]2c2cn(C(C)C)cn2)C1=O. The Morgan fingerprint density at radius 3 is 2.83 bits per heavy atom. The lowest BCUT2D eigenvalue weighted by Gasteiger charge is -2.28. The number of hydrogen-bond acceptors (Lipinski definition) is 4. The minimum atomic E-state index is -0.505. The zero-order valence-electron chi connectivity index (χ0n) is 18.1. The molecule has 162 valence electrons. The first-order chi connectivity index (χ1) is 14.4. The van der Waals surface area contributed by atoms with Crippen LogP contribution in [-0.4, -0.2) is 65.2 Å². The van der Waals surface area contributed by atoms with Gasteiger partial charge in [-0.3, -0.25) is 9.69 Å². The number of halogens is 1. The second-order valence-corrected chi connectivity index (χ2v) is 8.84. The van der Waals surface area contributed by atoms with E-state index in [0.29, 0.717) is 44.4 Å². The van der Waals surface area contributed by atoms with Crippen molar-refractivity contribution in [2.75, 3.05) is 39.9 Å². The molecule has 7 heteroatoms. The molecule has 0 unspecified atom stereocenters. The summed E-state index contributed by atoms with van der Waals surface area (Å²) < 4.78 is 21.6. The van der Waals surface area contributed by atoms with Crippen molar-refractivity contribution in [2.45, 2.75) is 38.8 Å². The highest BCUT2D eigenvalue weighted by Gasteiger charge is 2.57. The first kappa shape index (κ1) is 21.0. The van der Waals surface area contributed by atoms with Crippen molar-refractivity contribution in [3.05, 3.63) is 53.9 Å². The van der Waals surface area contributed by atoms with Crippen LogP contribution in [0.1, 0.15) is 43.5 Å². The number of methoxy groups -OCH3 is 1. The van der Waals surface area contributed by atoms with Crippen LogP contribution < -0.4 is 0 Å². The highest BCUT2D eigenvalue weighted by atomic mass is 19.1. The van der Waals surface area contributed by atoms with Gasteiger partial charge in [-0.05, 0) is 26.3 Å². The number of aromatic nitrogens is 2. The largest absolute Gasteiger partial charge is 0.383 e. The highest BCUT2D eigenvalue weighted by Crippen LogP contribution is 2.49. The molecule has 1 spiro atoms. The second kappa shape index (κ2) is 8.47. The van der Waals surface area contributed by atoms with E-state index >= 15 is 0 Å². The maximum Gasteiger partial charge on any atom is 0.230 e. The Morgan fingerprint density at radius 1 is 1.33 bits per heavy atom. The van der Waals surface area contributed by atoms with E-state index in [4.69, 9.17) is 4.74 Å². The summed E-state index contributed by atoms with van der Waals surface area (Å²) in [5.41, 5.74) is 1.12. The van der Waals surface area contributed by atoms with Gasteiger partial charge in [0.25, 0.3) is 0 Å². The lowest BCUT2D eigenvalue weighted by molar-refractivity contribution is -0.136. The summed E-state index contributed by atoms with van der Waals surface area (Å²) in [6.07, 6.45) is 4.73. The van der Waals surface area contributed by atoms with E-state index in [9.17, 15) is 9.18 Å². The van der Waals surface area contributed by atoms with E-state index in [1.54, 1.807) is 13.2 Å². The molecule has 1 aromatic heterocycles. The number of amides is 1. The molecular weight excluding hydrogens is 383 g/mol. The maximum atomic E-state index is 14.3. The van der Waals surface area contributed by atoms with Crippen LogP contribution in [-0.2, 0) is 16.1 Å². The van der Waals surface area contributed by atoms with E-state index in [0.717, 1.165) is 18.7 Å². The minimum absolute atomic E-state index is 0.00400. The number of ether oxygens (including phenoxy) is 1. The third-order valence-corrected chi connectivity index (χ3v) is 6.65. The van der Waals surface area contributed by atoms with Gasteiger partial charge in [0.1, 0.15) is 5.82 Å². The van der Waals surface area contributed by atoms with Gasteiger partial charge in [0, 0.05) is 63.6 Å². The smallest absolute Gasteiger partial charge is 0.230 e. The molecule has 0 radical (unpaired) electrons. The number of likely N-dealkylation sites (tertiary alicyclic amines) is 2. The average molecular weight is 415 g/mol. The van der Waals surface area contributed by atoms with E-state index in [1.165, 1.54) is 6.07 Å².